The van der Waals surface area contributed by atoms with Crippen molar-refractivity contribution in [1.82, 2.24) is 4.98 Å². The van der Waals surface area contributed by atoms with E-state index in [2.05, 4.69) is 20.9 Å². The zero-order chi connectivity index (χ0) is 13.0. The Labute approximate surface area is 110 Å². The number of pyridine rings is 1. The molecule has 0 radical (unpaired) electrons. The van der Waals surface area contributed by atoms with Crippen LogP contribution in [-0.4, -0.2) is 17.6 Å². The van der Waals surface area contributed by atoms with Crippen molar-refractivity contribution >= 4 is 33.5 Å². The molecule has 0 N–H and O–H groups in total. The minimum atomic E-state index is -2.69. The first-order chi connectivity index (χ1) is 8.01. The third-order valence-electron chi connectivity index (χ3n) is 1.92. The van der Waals surface area contributed by atoms with Crippen LogP contribution in [0.15, 0.2) is 6.07 Å². The number of ether oxygens (including phenoxy) is 1. The quantitative estimate of drug-likeness (QED) is 0.624. The maximum absolute atomic E-state index is 12.6. The Hall–Kier alpha value is -0.750. The Morgan fingerprint density at radius 3 is 2.76 bits per heavy atom. The molecule has 0 aliphatic carbocycles. The monoisotopic (exact) mass is 327 g/mol. The van der Waals surface area contributed by atoms with Gasteiger partial charge in [-0.2, -0.15) is 0 Å². The van der Waals surface area contributed by atoms with Crippen LogP contribution >= 0.6 is 27.5 Å². The fraction of sp³-hybridized carbons (Fsp3) is 0.400. The molecule has 0 aliphatic rings. The van der Waals surface area contributed by atoms with Crippen LogP contribution in [0.25, 0.3) is 0 Å². The van der Waals surface area contributed by atoms with Gasteiger partial charge in [-0.05, 0) is 13.0 Å². The highest BCUT2D eigenvalue weighted by molar-refractivity contribution is 9.08. The highest BCUT2D eigenvalue weighted by Crippen LogP contribution is 2.28. The summed E-state index contributed by atoms with van der Waals surface area (Å²) in [7, 11) is 0. The molecule has 0 unspecified atom stereocenters. The Balaban J connectivity index is 3.22. The zero-order valence-corrected chi connectivity index (χ0v) is 11.2. The summed E-state index contributed by atoms with van der Waals surface area (Å²) >= 11 is 8.75. The van der Waals surface area contributed by atoms with Gasteiger partial charge >= 0.3 is 5.97 Å². The molecular formula is C10H9BrClF2NO2. The second-order valence-corrected chi connectivity index (χ2v) is 3.98. The number of carbonyl (C=O) groups excluding carboxylic acids is 1. The summed E-state index contributed by atoms with van der Waals surface area (Å²) in [5.74, 6) is -0.722. The molecule has 7 heteroatoms. The fourth-order valence-corrected chi connectivity index (χ4v) is 1.87. The number of carbonyl (C=O) groups is 1. The molecular weight excluding hydrogens is 319 g/mol. The maximum Gasteiger partial charge on any atom is 0.358 e. The molecule has 0 aliphatic heterocycles. The van der Waals surface area contributed by atoms with E-state index in [9.17, 15) is 13.6 Å². The summed E-state index contributed by atoms with van der Waals surface area (Å²) in [6.07, 6.45) is -2.69. The van der Waals surface area contributed by atoms with Crippen LogP contribution in [0.3, 0.4) is 0 Å². The third-order valence-corrected chi connectivity index (χ3v) is 2.74. The summed E-state index contributed by atoms with van der Waals surface area (Å²) < 4.78 is 30.0. The molecule has 1 rings (SSSR count). The molecule has 0 atom stereocenters. The van der Waals surface area contributed by atoms with Crippen LogP contribution in [0.1, 0.15) is 35.1 Å². The molecule has 94 valence electrons. The molecule has 17 heavy (non-hydrogen) atoms. The van der Waals surface area contributed by atoms with Gasteiger partial charge in [0.2, 0.25) is 0 Å². The summed E-state index contributed by atoms with van der Waals surface area (Å²) in [5.41, 5.74) is -0.361. The highest BCUT2D eigenvalue weighted by Gasteiger charge is 2.21. The van der Waals surface area contributed by atoms with Crippen molar-refractivity contribution < 1.29 is 18.3 Å². The number of aromatic nitrogens is 1. The van der Waals surface area contributed by atoms with E-state index in [0.29, 0.717) is 0 Å². The lowest BCUT2D eigenvalue weighted by atomic mass is 10.2. The van der Waals surface area contributed by atoms with Gasteiger partial charge in [0.05, 0.1) is 17.3 Å². The summed E-state index contributed by atoms with van der Waals surface area (Å²) in [6, 6.07) is 1.04. The van der Waals surface area contributed by atoms with E-state index >= 15 is 0 Å². The van der Waals surface area contributed by atoms with E-state index in [1.807, 2.05) is 0 Å². The van der Waals surface area contributed by atoms with Gasteiger partial charge in [0.1, 0.15) is 0 Å². The molecule has 0 saturated carbocycles. The van der Waals surface area contributed by atoms with Gasteiger partial charge in [0, 0.05) is 10.9 Å². The lowest BCUT2D eigenvalue weighted by Gasteiger charge is -2.09. The average molecular weight is 329 g/mol. The third kappa shape index (κ3) is 3.35. The normalized spacial score (nSPS) is 10.7. The van der Waals surface area contributed by atoms with Gasteiger partial charge in [0.25, 0.3) is 6.43 Å². The van der Waals surface area contributed by atoms with Crippen molar-refractivity contribution in [3.05, 3.63) is 28.0 Å². The van der Waals surface area contributed by atoms with Gasteiger partial charge in [-0.3, -0.25) is 0 Å². The topological polar surface area (TPSA) is 39.2 Å². The van der Waals surface area contributed by atoms with E-state index in [0.717, 1.165) is 6.07 Å². The Morgan fingerprint density at radius 2 is 2.29 bits per heavy atom. The molecule has 0 bridgehead atoms. The lowest BCUT2D eigenvalue weighted by molar-refractivity contribution is 0.0518. The molecule has 1 aromatic rings. The highest BCUT2D eigenvalue weighted by atomic mass is 79.9. The lowest BCUT2D eigenvalue weighted by Crippen LogP contribution is -2.11. The van der Waals surface area contributed by atoms with Crippen LogP contribution in [-0.2, 0) is 10.1 Å². The van der Waals surface area contributed by atoms with E-state index < -0.39 is 12.4 Å². The minimum absolute atomic E-state index is 0.0763. The molecule has 1 aromatic heterocycles. The summed E-state index contributed by atoms with van der Waals surface area (Å²) in [4.78, 5) is 15.2. The Kier molecular flexibility index (Phi) is 5.27. The first kappa shape index (κ1) is 14.3. The molecule has 0 saturated heterocycles. The number of alkyl halides is 3. The van der Waals surface area contributed by atoms with Crippen LogP contribution in [0.4, 0.5) is 8.78 Å². The molecule has 0 amide bonds. The van der Waals surface area contributed by atoms with Gasteiger partial charge in [0.15, 0.2) is 5.69 Å². The predicted octanol–water partition coefficient (Wildman–Crippen LogP) is 3.74. The summed E-state index contributed by atoms with van der Waals surface area (Å²) in [6.45, 7) is 1.79. The number of esters is 1. The number of rotatable bonds is 4. The van der Waals surface area contributed by atoms with E-state index in [1.165, 1.54) is 0 Å². The van der Waals surface area contributed by atoms with Crippen molar-refractivity contribution in [2.75, 3.05) is 6.61 Å². The molecule has 0 spiro atoms. The second-order valence-electron chi connectivity index (χ2n) is 3.01. The Morgan fingerprint density at radius 1 is 1.65 bits per heavy atom. The average Bonchev–Trinajstić information content (AvgIpc) is 2.28. The van der Waals surface area contributed by atoms with Crippen molar-refractivity contribution in [3.63, 3.8) is 0 Å². The van der Waals surface area contributed by atoms with Gasteiger partial charge < -0.3 is 4.74 Å². The maximum atomic E-state index is 12.6. The second kappa shape index (κ2) is 6.26. The first-order valence-electron chi connectivity index (χ1n) is 4.71. The molecule has 1 heterocycles. The van der Waals surface area contributed by atoms with E-state index in [4.69, 9.17) is 16.3 Å². The standard InChI is InChI=1S/C10H9BrClF2NO2/c1-2-17-10(16)8-6(12)3-5(9(13)14)7(4-11)15-8/h3,9H,2,4H2,1H3. The number of hydrogen-bond acceptors (Lipinski definition) is 3. The number of nitrogens with zero attached hydrogens (tertiary/aromatic N) is 1. The predicted molar refractivity (Wildman–Crippen MR) is 62.8 cm³/mol. The van der Waals surface area contributed by atoms with Gasteiger partial charge in [-0.25, -0.2) is 18.6 Å². The van der Waals surface area contributed by atoms with Crippen molar-refractivity contribution in [3.8, 4) is 0 Å². The van der Waals surface area contributed by atoms with Crippen LogP contribution < -0.4 is 0 Å². The van der Waals surface area contributed by atoms with Crippen molar-refractivity contribution in [1.29, 1.82) is 0 Å². The zero-order valence-electron chi connectivity index (χ0n) is 8.84. The van der Waals surface area contributed by atoms with E-state index in [-0.39, 0.29) is 33.9 Å². The van der Waals surface area contributed by atoms with Crippen molar-refractivity contribution in [2.24, 2.45) is 0 Å². The van der Waals surface area contributed by atoms with Gasteiger partial charge in [-0.15, -0.1) is 0 Å². The molecule has 0 fully saturated rings. The van der Waals surface area contributed by atoms with Gasteiger partial charge in [-0.1, -0.05) is 27.5 Å². The molecule has 3 nitrogen and oxygen atoms in total. The molecule has 0 aromatic carbocycles. The van der Waals surface area contributed by atoms with Crippen LogP contribution in [0, 0.1) is 0 Å². The van der Waals surface area contributed by atoms with Crippen LogP contribution in [0.2, 0.25) is 5.02 Å². The largest absolute Gasteiger partial charge is 0.461 e. The number of halogens is 4. The number of hydrogen-bond donors (Lipinski definition) is 0. The van der Waals surface area contributed by atoms with E-state index in [1.54, 1.807) is 6.92 Å². The van der Waals surface area contributed by atoms with Crippen molar-refractivity contribution in [2.45, 2.75) is 18.7 Å². The fourth-order valence-electron chi connectivity index (χ4n) is 1.18. The Bertz CT molecular complexity index is 429. The summed E-state index contributed by atoms with van der Waals surface area (Å²) in [5, 5.41) is -0.0283. The SMILES string of the molecule is CCOC(=O)c1nc(CBr)c(C(F)F)cc1Cl. The first-order valence-corrected chi connectivity index (χ1v) is 6.21. The smallest absolute Gasteiger partial charge is 0.358 e. The van der Waals surface area contributed by atoms with Crippen LogP contribution in [0.5, 0.6) is 0 Å². The minimum Gasteiger partial charge on any atom is -0.461 e.